The van der Waals surface area contributed by atoms with Crippen molar-refractivity contribution < 1.29 is 9.53 Å². The van der Waals surface area contributed by atoms with Gasteiger partial charge in [-0.15, -0.1) is 5.10 Å². The molecule has 24 heavy (non-hydrogen) atoms. The van der Waals surface area contributed by atoms with Crippen molar-refractivity contribution in [3.8, 4) is 5.69 Å². The van der Waals surface area contributed by atoms with Crippen molar-refractivity contribution in [2.45, 2.75) is 0 Å². The number of anilines is 1. The molecule has 0 fully saturated rings. The number of para-hydroxylation sites is 2. The maximum Gasteiger partial charge on any atom is 0.339 e. The van der Waals surface area contributed by atoms with Crippen LogP contribution in [-0.4, -0.2) is 33.3 Å². The summed E-state index contributed by atoms with van der Waals surface area (Å²) in [5.74, 6) is 0.157. The van der Waals surface area contributed by atoms with E-state index in [2.05, 4.69) is 20.8 Å². The molecule has 120 valence electrons. The molecule has 0 amide bonds. The largest absolute Gasteiger partial charge is 0.465 e. The smallest absolute Gasteiger partial charge is 0.339 e. The first-order chi connectivity index (χ1) is 11.8. The number of hydrogen-bond donors (Lipinski definition) is 1. The Bertz CT molecular complexity index is 858. The van der Waals surface area contributed by atoms with Gasteiger partial charge in [-0.1, -0.05) is 30.3 Å². The average Bonchev–Trinajstić information content (AvgIpc) is 3.11. The van der Waals surface area contributed by atoms with Crippen molar-refractivity contribution >= 4 is 17.7 Å². The minimum absolute atomic E-state index is 0.402. The van der Waals surface area contributed by atoms with Gasteiger partial charge < -0.3 is 10.1 Å². The summed E-state index contributed by atoms with van der Waals surface area (Å²) in [5.41, 5.74) is 1.95. The Labute approximate surface area is 138 Å². The Kier molecular flexibility index (Phi) is 4.62. The normalized spacial score (nSPS) is 10.7. The zero-order chi connectivity index (χ0) is 16.8. The highest BCUT2D eigenvalue weighted by Crippen LogP contribution is 2.16. The van der Waals surface area contributed by atoms with E-state index in [9.17, 15) is 4.79 Å². The lowest BCUT2D eigenvalue weighted by Gasteiger charge is -2.07. The van der Waals surface area contributed by atoms with Crippen LogP contribution < -0.4 is 5.32 Å². The van der Waals surface area contributed by atoms with E-state index in [0.29, 0.717) is 17.1 Å². The first-order valence-corrected chi connectivity index (χ1v) is 7.24. The number of nitrogens with one attached hydrogen (secondary N) is 1. The highest BCUT2D eigenvalue weighted by Gasteiger charge is 2.10. The molecule has 0 aliphatic heterocycles. The highest BCUT2D eigenvalue weighted by atomic mass is 16.5. The van der Waals surface area contributed by atoms with E-state index in [-0.39, 0.29) is 0 Å². The van der Waals surface area contributed by atoms with E-state index in [1.807, 2.05) is 36.4 Å². The molecule has 0 unspecified atom stereocenters. The molecule has 0 atom stereocenters. The molecule has 7 nitrogen and oxygen atoms in total. The molecule has 1 heterocycles. The summed E-state index contributed by atoms with van der Waals surface area (Å²) in [6.45, 7) is 0. The van der Waals surface area contributed by atoms with E-state index in [4.69, 9.17) is 4.74 Å². The van der Waals surface area contributed by atoms with Gasteiger partial charge in [-0.05, 0) is 34.7 Å². The molecule has 7 heteroatoms. The van der Waals surface area contributed by atoms with Gasteiger partial charge in [-0.25, -0.2) is 4.79 Å². The predicted octanol–water partition coefficient (Wildman–Crippen LogP) is 2.53. The number of rotatable bonds is 5. The Morgan fingerprint density at radius 3 is 2.67 bits per heavy atom. The molecule has 1 aromatic heterocycles. The van der Waals surface area contributed by atoms with Crippen LogP contribution in [0.25, 0.3) is 11.8 Å². The second kappa shape index (κ2) is 7.19. The molecular weight excluding hydrogens is 306 g/mol. The van der Waals surface area contributed by atoms with Gasteiger partial charge in [0.05, 0.1) is 24.0 Å². The van der Waals surface area contributed by atoms with Crippen LogP contribution in [0.2, 0.25) is 0 Å². The van der Waals surface area contributed by atoms with Gasteiger partial charge in [-0.3, -0.25) is 0 Å². The van der Waals surface area contributed by atoms with Gasteiger partial charge in [0.15, 0.2) is 5.82 Å². The van der Waals surface area contributed by atoms with E-state index in [1.54, 1.807) is 35.2 Å². The van der Waals surface area contributed by atoms with Gasteiger partial charge in [0.25, 0.3) is 0 Å². The fraction of sp³-hybridized carbons (Fsp3) is 0.0588. The highest BCUT2D eigenvalue weighted by molar-refractivity contribution is 5.95. The van der Waals surface area contributed by atoms with Crippen LogP contribution >= 0.6 is 0 Å². The Balaban J connectivity index is 1.80. The predicted molar refractivity (Wildman–Crippen MR) is 89.6 cm³/mol. The minimum atomic E-state index is -0.402. The number of aromatic nitrogens is 4. The third kappa shape index (κ3) is 3.30. The fourth-order valence-electron chi connectivity index (χ4n) is 2.15. The van der Waals surface area contributed by atoms with Crippen LogP contribution in [0.15, 0.2) is 60.8 Å². The summed E-state index contributed by atoms with van der Waals surface area (Å²) in [4.78, 5) is 11.7. The number of hydrogen-bond acceptors (Lipinski definition) is 6. The topological polar surface area (TPSA) is 81.9 Å². The molecule has 1 N–H and O–H groups in total. The minimum Gasteiger partial charge on any atom is -0.465 e. The van der Waals surface area contributed by atoms with Gasteiger partial charge in [0, 0.05) is 12.3 Å². The van der Waals surface area contributed by atoms with Crippen LogP contribution in [0.5, 0.6) is 0 Å². The van der Waals surface area contributed by atoms with E-state index >= 15 is 0 Å². The van der Waals surface area contributed by atoms with E-state index < -0.39 is 5.97 Å². The van der Waals surface area contributed by atoms with Crippen LogP contribution in [-0.2, 0) is 4.74 Å². The molecule has 0 aliphatic rings. The number of nitrogens with zero attached hydrogens (tertiary/aromatic N) is 4. The van der Waals surface area contributed by atoms with Gasteiger partial charge in [-0.2, -0.15) is 4.68 Å². The molecule has 0 aliphatic carbocycles. The summed E-state index contributed by atoms with van der Waals surface area (Å²) in [6.07, 6.45) is 3.40. The van der Waals surface area contributed by atoms with Crippen LogP contribution in [0, 0.1) is 0 Å². The maximum absolute atomic E-state index is 11.7. The lowest BCUT2D eigenvalue weighted by Crippen LogP contribution is -2.05. The Hall–Kier alpha value is -3.48. The average molecular weight is 321 g/mol. The molecular formula is C17H15N5O2. The number of methoxy groups -OCH3 is 1. The lowest BCUT2D eigenvalue weighted by atomic mass is 10.2. The molecule has 3 rings (SSSR count). The van der Waals surface area contributed by atoms with E-state index in [0.717, 1.165) is 5.69 Å². The zero-order valence-electron chi connectivity index (χ0n) is 13.0. The van der Waals surface area contributed by atoms with Crippen molar-refractivity contribution in [2.75, 3.05) is 12.4 Å². The summed E-state index contributed by atoms with van der Waals surface area (Å²) < 4.78 is 6.38. The maximum atomic E-state index is 11.7. The second-order valence-corrected chi connectivity index (χ2v) is 4.80. The Morgan fingerprint density at radius 2 is 1.88 bits per heavy atom. The molecule has 2 aromatic carbocycles. The fourth-order valence-corrected chi connectivity index (χ4v) is 2.15. The van der Waals surface area contributed by atoms with Crippen LogP contribution in [0.4, 0.5) is 5.69 Å². The first kappa shape index (κ1) is 15.4. The molecule has 0 saturated heterocycles. The molecule has 3 aromatic rings. The lowest BCUT2D eigenvalue weighted by molar-refractivity contribution is 0.0602. The Morgan fingerprint density at radius 1 is 1.12 bits per heavy atom. The molecule has 0 radical (unpaired) electrons. The number of carbonyl (C=O) groups excluding carboxylic acids is 1. The number of carbonyl (C=O) groups is 1. The second-order valence-electron chi connectivity index (χ2n) is 4.80. The standard InChI is InChI=1S/C17H15N5O2/c1-24-17(23)14-9-5-6-10-15(14)18-12-11-16-19-20-21-22(16)13-7-3-2-4-8-13/h2-12,18H,1H3/b12-11+. The van der Waals surface area contributed by atoms with Crippen LogP contribution in [0.1, 0.15) is 16.2 Å². The number of benzene rings is 2. The third-order valence-corrected chi connectivity index (χ3v) is 3.30. The quantitative estimate of drug-likeness (QED) is 0.727. The molecule has 0 bridgehead atoms. The first-order valence-electron chi connectivity index (χ1n) is 7.24. The van der Waals surface area contributed by atoms with E-state index in [1.165, 1.54) is 7.11 Å². The van der Waals surface area contributed by atoms with Crippen molar-refractivity contribution in [3.63, 3.8) is 0 Å². The number of tetrazole rings is 1. The number of ether oxygens (including phenoxy) is 1. The molecule has 0 saturated carbocycles. The SMILES string of the molecule is COC(=O)c1ccccc1N/C=C/c1nnnn1-c1ccccc1. The van der Waals surface area contributed by atoms with Crippen molar-refractivity contribution in [1.82, 2.24) is 20.2 Å². The summed E-state index contributed by atoms with van der Waals surface area (Å²) >= 11 is 0. The summed E-state index contributed by atoms with van der Waals surface area (Å²) in [5, 5.41) is 14.7. The van der Waals surface area contributed by atoms with Gasteiger partial charge >= 0.3 is 5.97 Å². The van der Waals surface area contributed by atoms with Crippen molar-refractivity contribution in [1.29, 1.82) is 0 Å². The van der Waals surface area contributed by atoms with Crippen molar-refractivity contribution in [3.05, 3.63) is 72.2 Å². The summed E-state index contributed by atoms with van der Waals surface area (Å²) in [6, 6.07) is 16.7. The third-order valence-electron chi connectivity index (χ3n) is 3.30. The summed E-state index contributed by atoms with van der Waals surface area (Å²) in [7, 11) is 1.35. The van der Waals surface area contributed by atoms with Crippen molar-refractivity contribution in [2.24, 2.45) is 0 Å². The van der Waals surface area contributed by atoms with Gasteiger partial charge in [0.1, 0.15) is 0 Å². The molecule has 0 spiro atoms. The van der Waals surface area contributed by atoms with Gasteiger partial charge in [0.2, 0.25) is 0 Å². The zero-order valence-corrected chi connectivity index (χ0v) is 13.0. The monoisotopic (exact) mass is 321 g/mol. The van der Waals surface area contributed by atoms with Crippen LogP contribution in [0.3, 0.4) is 0 Å². The number of esters is 1.